The fraction of sp³-hybridized carbons (Fsp3) is 1.00. The van der Waals surface area contributed by atoms with Gasteiger partial charge >= 0.3 is 141 Å². The van der Waals surface area contributed by atoms with Crippen molar-refractivity contribution in [3.63, 3.8) is 0 Å². The molecule has 0 aromatic rings. The summed E-state index contributed by atoms with van der Waals surface area (Å²) in [6.07, 6.45) is 1.57. The number of rotatable bonds is 10. The van der Waals surface area contributed by atoms with E-state index in [1.54, 1.807) is 0 Å². The van der Waals surface area contributed by atoms with Gasteiger partial charge in [0.15, 0.2) is 0 Å². The predicted octanol–water partition coefficient (Wildman–Crippen LogP) is 3.21. The summed E-state index contributed by atoms with van der Waals surface area (Å²) in [7, 11) is -5.21. The fourth-order valence-corrected chi connectivity index (χ4v) is 23.1. The average molecular weight is 429 g/mol. The Labute approximate surface area is 141 Å². The van der Waals surface area contributed by atoms with Crippen LogP contribution in [-0.4, -0.2) is 61.3 Å². The van der Waals surface area contributed by atoms with Crippen molar-refractivity contribution >= 4 is 48.8 Å². The monoisotopic (exact) mass is 430 g/mol. The Kier molecular flexibility index (Phi) is 9.45. The molecular formula is C12H36GeO4Si4. The van der Waals surface area contributed by atoms with E-state index in [0.29, 0.717) is 0 Å². The van der Waals surface area contributed by atoms with Crippen LogP contribution < -0.4 is 0 Å². The second-order valence-corrected chi connectivity index (χ2v) is 29.3. The van der Waals surface area contributed by atoms with Gasteiger partial charge in [-0.25, -0.2) is 0 Å². The van der Waals surface area contributed by atoms with E-state index >= 15 is 0 Å². The van der Waals surface area contributed by atoms with Crippen LogP contribution in [0.3, 0.4) is 0 Å². The molecule has 0 atom stereocenters. The summed E-state index contributed by atoms with van der Waals surface area (Å²) in [5.41, 5.74) is 0. The molecule has 0 radical (unpaired) electrons. The molecule has 0 saturated heterocycles. The van der Waals surface area contributed by atoms with Gasteiger partial charge in [-0.1, -0.05) is 0 Å². The summed E-state index contributed by atoms with van der Waals surface area (Å²) in [4.78, 5) is 0. The van der Waals surface area contributed by atoms with Gasteiger partial charge < -0.3 is 0 Å². The van der Waals surface area contributed by atoms with Gasteiger partial charge in [0.1, 0.15) is 0 Å². The van der Waals surface area contributed by atoms with E-state index in [0.717, 1.165) is 12.5 Å². The zero-order chi connectivity index (χ0) is 16.9. The van der Waals surface area contributed by atoms with Crippen molar-refractivity contribution in [2.75, 3.05) is 12.5 Å². The van der Waals surface area contributed by atoms with Crippen LogP contribution in [0.1, 0.15) is 0 Å². The summed E-state index contributed by atoms with van der Waals surface area (Å²) < 4.78 is 25.4. The molecule has 0 heterocycles. The van der Waals surface area contributed by atoms with Crippen molar-refractivity contribution in [2.45, 2.75) is 65.5 Å². The van der Waals surface area contributed by atoms with E-state index < -0.39 is 48.8 Å². The molecule has 0 aliphatic heterocycles. The summed E-state index contributed by atoms with van der Waals surface area (Å²) in [5.74, 6) is 0. The summed E-state index contributed by atoms with van der Waals surface area (Å²) >= 11 is -3.60. The van der Waals surface area contributed by atoms with Crippen molar-refractivity contribution in [1.29, 1.82) is 0 Å². The third-order valence-electron chi connectivity index (χ3n) is 2.05. The van der Waals surface area contributed by atoms with Gasteiger partial charge in [-0.15, -0.1) is 0 Å². The molecule has 0 aromatic heterocycles. The van der Waals surface area contributed by atoms with Crippen LogP contribution in [-0.2, 0) is 14.4 Å². The Morgan fingerprint density at radius 2 is 0.952 bits per heavy atom. The first-order valence-electron chi connectivity index (χ1n) is 7.93. The standard InChI is InChI=1S/C12H36GeO4Si4/c1-18(2)11-14-13(15-12-19(3)4,16-20(5,6)7)17-21(8,9)10/h18-19H,11-12H2,1-10H3. The van der Waals surface area contributed by atoms with Crippen LogP contribution in [0.25, 0.3) is 0 Å². The van der Waals surface area contributed by atoms with E-state index in [1.807, 2.05) is 0 Å². The van der Waals surface area contributed by atoms with E-state index in [-0.39, 0.29) is 0 Å². The zero-order valence-corrected chi connectivity index (χ0v) is 22.1. The second kappa shape index (κ2) is 8.92. The van der Waals surface area contributed by atoms with Crippen LogP contribution in [0, 0.1) is 0 Å². The van der Waals surface area contributed by atoms with Gasteiger partial charge in [0.05, 0.1) is 0 Å². The minimum atomic E-state index is -3.60. The van der Waals surface area contributed by atoms with Crippen molar-refractivity contribution in [1.82, 2.24) is 0 Å². The molecular weight excluding hydrogens is 393 g/mol. The summed E-state index contributed by atoms with van der Waals surface area (Å²) in [5, 5.41) is 0. The quantitative estimate of drug-likeness (QED) is 0.500. The first kappa shape index (κ1) is 22.3. The van der Waals surface area contributed by atoms with Crippen LogP contribution in [0.15, 0.2) is 0 Å². The molecule has 0 spiro atoms. The van der Waals surface area contributed by atoms with Crippen LogP contribution >= 0.6 is 0 Å². The van der Waals surface area contributed by atoms with E-state index in [4.69, 9.17) is 14.4 Å². The molecule has 0 amide bonds. The molecule has 0 bridgehead atoms. The van der Waals surface area contributed by atoms with E-state index in [1.165, 1.54) is 0 Å². The van der Waals surface area contributed by atoms with Crippen molar-refractivity contribution in [3.05, 3.63) is 0 Å². The third-order valence-corrected chi connectivity index (χ3v) is 19.9. The number of hydrogen-bond acceptors (Lipinski definition) is 4. The Morgan fingerprint density at radius 1 is 0.667 bits per heavy atom. The maximum atomic E-state index is 6.44. The van der Waals surface area contributed by atoms with Gasteiger partial charge in [0.2, 0.25) is 0 Å². The molecule has 0 saturated carbocycles. The predicted molar refractivity (Wildman–Crippen MR) is 104 cm³/mol. The minimum absolute atomic E-state index is 0.786. The van der Waals surface area contributed by atoms with Gasteiger partial charge in [0, 0.05) is 0 Å². The zero-order valence-electron chi connectivity index (χ0n) is 15.7. The summed E-state index contributed by atoms with van der Waals surface area (Å²) in [6, 6.07) is 0. The first-order valence-corrected chi connectivity index (χ1v) is 24.4. The average Bonchev–Trinajstić information content (AvgIpc) is 2.19. The van der Waals surface area contributed by atoms with Crippen molar-refractivity contribution in [2.24, 2.45) is 0 Å². The first-order chi connectivity index (χ1) is 9.25. The second-order valence-electron chi connectivity index (χ2n) is 8.34. The SMILES string of the molecule is C[SiH](C)C[O][Ge]([O]C[SiH](C)C)([O][Si](C)(C)C)[O][Si](C)(C)C. The molecule has 4 nitrogen and oxygen atoms in total. The molecule has 128 valence electrons. The fourth-order valence-electron chi connectivity index (χ4n) is 1.47. The number of hydrogen-bond donors (Lipinski definition) is 0. The Balaban J connectivity index is 5.25. The van der Waals surface area contributed by atoms with Crippen LogP contribution in [0.4, 0.5) is 0 Å². The molecule has 9 heteroatoms. The normalized spacial score (nSPS) is 14.3. The van der Waals surface area contributed by atoms with Crippen LogP contribution in [0.5, 0.6) is 0 Å². The molecule has 0 fully saturated rings. The van der Waals surface area contributed by atoms with Crippen LogP contribution in [0.2, 0.25) is 65.5 Å². The maximum absolute atomic E-state index is 6.44. The molecule has 0 aliphatic rings. The molecule has 0 rings (SSSR count). The van der Waals surface area contributed by atoms with Crippen molar-refractivity contribution < 1.29 is 14.4 Å². The Hall–Kier alpha value is 1.25. The molecule has 0 aliphatic carbocycles. The summed E-state index contributed by atoms with van der Waals surface area (Å²) in [6.45, 7) is 22.3. The van der Waals surface area contributed by atoms with E-state index in [9.17, 15) is 0 Å². The van der Waals surface area contributed by atoms with Gasteiger partial charge in [-0.05, 0) is 0 Å². The van der Waals surface area contributed by atoms with Gasteiger partial charge in [-0.2, -0.15) is 0 Å². The third kappa shape index (κ3) is 12.4. The van der Waals surface area contributed by atoms with E-state index in [2.05, 4.69) is 65.5 Å². The van der Waals surface area contributed by atoms with Crippen molar-refractivity contribution in [3.8, 4) is 0 Å². The molecule has 0 unspecified atom stereocenters. The van der Waals surface area contributed by atoms with Gasteiger partial charge in [-0.3, -0.25) is 0 Å². The topological polar surface area (TPSA) is 36.9 Å². The molecule has 21 heavy (non-hydrogen) atoms. The molecule has 0 N–H and O–H groups in total. The molecule has 0 aromatic carbocycles. The Bertz CT molecular complexity index is 273. The van der Waals surface area contributed by atoms with Gasteiger partial charge in [0.25, 0.3) is 0 Å². The Morgan fingerprint density at radius 3 is 1.14 bits per heavy atom.